The van der Waals surface area contributed by atoms with Gasteiger partial charge in [0.2, 0.25) is 5.69 Å². The Balaban J connectivity index is 2.33. The molecule has 1 aliphatic rings. The number of nitrogens with zero attached hydrogens (tertiary/aromatic N) is 1. The average molecular weight is 444 g/mol. The highest BCUT2D eigenvalue weighted by molar-refractivity contribution is 5.64. The topological polar surface area (TPSA) is 25.1 Å². The molecule has 0 bridgehead atoms. The smallest absolute Gasteiger partial charge is 0.213 e. The molecule has 33 heavy (non-hydrogen) atoms. The van der Waals surface area contributed by atoms with Crippen LogP contribution in [0.5, 0.6) is 0 Å². The van der Waals surface area contributed by atoms with Crippen LogP contribution in [0.3, 0.4) is 0 Å². The van der Waals surface area contributed by atoms with Gasteiger partial charge in [0.05, 0.1) is 17.6 Å². The number of methoxy groups -OCH3 is 1. The Kier molecular flexibility index (Phi) is 8.10. The fraction of sp³-hybridized carbons (Fsp3) is 0.367. The van der Waals surface area contributed by atoms with E-state index in [9.17, 15) is 0 Å². The molecule has 2 heterocycles. The molecule has 0 fully saturated rings. The van der Waals surface area contributed by atoms with Crippen molar-refractivity contribution in [2.24, 2.45) is 0 Å². The largest absolute Gasteiger partial charge is 0.381 e. The Hall–Kier alpha value is -2.91. The lowest BCUT2D eigenvalue weighted by Gasteiger charge is -2.42. The summed E-state index contributed by atoms with van der Waals surface area (Å²) >= 11 is 0. The number of hydrogen-bond acceptors (Lipinski definition) is 2. The molecule has 0 amide bonds. The van der Waals surface area contributed by atoms with Gasteiger partial charge in [-0.1, -0.05) is 56.0 Å². The van der Waals surface area contributed by atoms with Crippen LogP contribution in [-0.2, 0) is 4.74 Å². The number of nitrogens with one attached hydrogen (secondary N) is 1. The minimum Gasteiger partial charge on any atom is -0.381 e. The van der Waals surface area contributed by atoms with Gasteiger partial charge < -0.3 is 10.1 Å². The minimum absolute atomic E-state index is 0.0102. The predicted molar refractivity (Wildman–Crippen MR) is 139 cm³/mol. The number of rotatable bonds is 10. The number of benzene rings is 1. The van der Waals surface area contributed by atoms with E-state index >= 15 is 0 Å². The standard InChI is InChI=1S/C30H39N2O/c1-8-16-25(30(6,11-4)33-7)29(31-22(5)10-3)28-24-19-13-12-18-23(24)26-20-14-15-21-32(26)27(28)17-9-2/h8-10,12-16,18-21,27-29,31H,1-2,11,17H2,3-7H3/q+1/b22-10-,25-16-. The Morgan fingerprint density at radius 2 is 1.94 bits per heavy atom. The minimum atomic E-state index is -0.421. The van der Waals surface area contributed by atoms with Crippen LogP contribution < -0.4 is 9.88 Å². The highest BCUT2D eigenvalue weighted by Crippen LogP contribution is 2.45. The van der Waals surface area contributed by atoms with E-state index in [1.807, 2.05) is 12.2 Å². The molecule has 4 unspecified atom stereocenters. The van der Waals surface area contributed by atoms with E-state index in [-0.39, 0.29) is 18.0 Å². The van der Waals surface area contributed by atoms with Crippen LogP contribution in [0.15, 0.2) is 97.4 Å². The highest BCUT2D eigenvalue weighted by atomic mass is 16.5. The Morgan fingerprint density at radius 1 is 1.21 bits per heavy atom. The van der Waals surface area contributed by atoms with Crippen molar-refractivity contribution in [3.05, 3.63) is 103 Å². The van der Waals surface area contributed by atoms with E-state index in [4.69, 9.17) is 4.74 Å². The summed E-state index contributed by atoms with van der Waals surface area (Å²) in [6.45, 7) is 16.7. The Labute approximate surface area is 200 Å². The number of pyridine rings is 1. The maximum absolute atomic E-state index is 6.14. The molecule has 0 spiro atoms. The van der Waals surface area contributed by atoms with Gasteiger partial charge in [0.1, 0.15) is 0 Å². The molecule has 1 aromatic heterocycles. The second-order valence-corrected chi connectivity index (χ2v) is 8.94. The number of hydrogen-bond donors (Lipinski definition) is 1. The zero-order valence-corrected chi connectivity index (χ0v) is 20.8. The third-order valence-electron chi connectivity index (χ3n) is 7.21. The molecule has 1 aliphatic heterocycles. The summed E-state index contributed by atoms with van der Waals surface area (Å²) in [5.41, 5.74) is 5.80. The Morgan fingerprint density at radius 3 is 2.58 bits per heavy atom. The van der Waals surface area contributed by atoms with Crippen molar-refractivity contribution >= 4 is 0 Å². The lowest BCUT2D eigenvalue weighted by Crippen LogP contribution is -2.54. The van der Waals surface area contributed by atoms with Crippen LogP contribution in [-0.4, -0.2) is 18.8 Å². The molecule has 0 aliphatic carbocycles. The first-order valence-electron chi connectivity index (χ1n) is 11.9. The summed E-state index contributed by atoms with van der Waals surface area (Å²) in [7, 11) is 1.81. The predicted octanol–water partition coefficient (Wildman–Crippen LogP) is 6.66. The Bertz CT molecular complexity index is 1040. The van der Waals surface area contributed by atoms with Gasteiger partial charge in [-0.2, -0.15) is 4.57 Å². The van der Waals surface area contributed by atoms with E-state index in [1.54, 1.807) is 7.11 Å². The van der Waals surface area contributed by atoms with Crippen molar-refractivity contribution in [1.29, 1.82) is 0 Å². The molecule has 2 aromatic rings. The van der Waals surface area contributed by atoms with E-state index in [2.05, 4.69) is 112 Å². The molecule has 0 saturated heterocycles. The summed E-state index contributed by atoms with van der Waals surface area (Å²) in [6.07, 6.45) is 12.1. The molecule has 3 rings (SSSR count). The molecule has 4 atom stereocenters. The normalized spacial score (nSPS) is 20.8. The first-order chi connectivity index (χ1) is 15.9. The number of allylic oxidation sites excluding steroid dienone is 5. The maximum atomic E-state index is 6.14. The quantitative estimate of drug-likeness (QED) is 0.252. The molecule has 174 valence electrons. The van der Waals surface area contributed by atoms with Crippen molar-refractivity contribution < 1.29 is 9.30 Å². The fourth-order valence-corrected chi connectivity index (χ4v) is 5.10. The number of fused-ring (bicyclic) bond motifs is 3. The van der Waals surface area contributed by atoms with E-state index in [1.165, 1.54) is 22.4 Å². The van der Waals surface area contributed by atoms with Gasteiger partial charge in [-0.3, -0.25) is 0 Å². The summed E-state index contributed by atoms with van der Waals surface area (Å²) in [5.74, 6) is 0.168. The van der Waals surface area contributed by atoms with Gasteiger partial charge in [0, 0.05) is 36.9 Å². The van der Waals surface area contributed by atoms with Crippen molar-refractivity contribution in [3.63, 3.8) is 0 Å². The van der Waals surface area contributed by atoms with Crippen LogP contribution in [0, 0.1) is 0 Å². The average Bonchev–Trinajstić information content (AvgIpc) is 2.86. The van der Waals surface area contributed by atoms with Crippen molar-refractivity contribution in [3.8, 4) is 11.3 Å². The van der Waals surface area contributed by atoms with Crippen LogP contribution in [0.25, 0.3) is 11.3 Å². The van der Waals surface area contributed by atoms with Gasteiger partial charge in [-0.25, -0.2) is 0 Å². The summed E-state index contributed by atoms with van der Waals surface area (Å²) in [5, 5.41) is 3.87. The maximum Gasteiger partial charge on any atom is 0.213 e. The second kappa shape index (κ2) is 10.8. The van der Waals surface area contributed by atoms with E-state index in [0.29, 0.717) is 0 Å². The number of aromatic nitrogens is 1. The lowest BCUT2D eigenvalue weighted by atomic mass is 9.71. The third-order valence-corrected chi connectivity index (χ3v) is 7.21. The first-order valence-corrected chi connectivity index (χ1v) is 11.9. The molecular weight excluding hydrogens is 404 g/mol. The van der Waals surface area contributed by atoms with Crippen molar-refractivity contribution in [1.82, 2.24) is 5.32 Å². The van der Waals surface area contributed by atoms with Gasteiger partial charge in [0.25, 0.3) is 0 Å². The zero-order valence-electron chi connectivity index (χ0n) is 20.8. The molecule has 0 saturated carbocycles. The molecule has 1 aromatic carbocycles. The van der Waals surface area contributed by atoms with Crippen LogP contribution >= 0.6 is 0 Å². The second-order valence-electron chi connectivity index (χ2n) is 8.94. The van der Waals surface area contributed by atoms with Gasteiger partial charge >= 0.3 is 0 Å². The lowest BCUT2D eigenvalue weighted by molar-refractivity contribution is -0.717. The van der Waals surface area contributed by atoms with Gasteiger partial charge in [0.15, 0.2) is 12.2 Å². The summed E-state index contributed by atoms with van der Waals surface area (Å²) in [4.78, 5) is 0. The van der Waals surface area contributed by atoms with Crippen LogP contribution in [0.2, 0.25) is 0 Å². The molecule has 0 radical (unpaired) electrons. The zero-order chi connectivity index (χ0) is 24.0. The third kappa shape index (κ3) is 4.74. The monoisotopic (exact) mass is 443 g/mol. The first kappa shape index (κ1) is 24.7. The highest BCUT2D eigenvalue weighted by Gasteiger charge is 2.47. The van der Waals surface area contributed by atoms with E-state index in [0.717, 1.165) is 18.5 Å². The molecule has 3 heteroatoms. The van der Waals surface area contributed by atoms with Gasteiger partial charge in [-0.15, -0.1) is 6.58 Å². The molecular formula is C30H39N2O+. The van der Waals surface area contributed by atoms with Crippen LogP contribution in [0.1, 0.15) is 58.1 Å². The van der Waals surface area contributed by atoms with E-state index < -0.39 is 5.60 Å². The van der Waals surface area contributed by atoms with Crippen molar-refractivity contribution in [2.45, 2.75) is 64.1 Å². The van der Waals surface area contributed by atoms with Crippen molar-refractivity contribution in [2.75, 3.05) is 7.11 Å². The summed E-state index contributed by atoms with van der Waals surface area (Å²) in [6, 6.07) is 15.5. The SMILES string of the molecule is C=C/C=C(/C(N/C(C)=C\C)C1c2ccccc2-c2cccc[n+]2C1CC=C)C(C)(CC)OC. The molecule has 3 nitrogen and oxygen atoms in total. The fourth-order valence-electron chi connectivity index (χ4n) is 5.10. The number of ether oxygens (including phenoxy) is 1. The summed E-state index contributed by atoms with van der Waals surface area (Å²) < 4.78 is 8.57. The van der Waals surface area contributed by atoms with Crippen LogP contribution in [0.4, 0.5) is 0 Å². The van der Waals surface area contributed by atoms with Gasteiger partial charge in [-0.05, 0) is 50.5 Å². The molecule has 1 N–H and O–H groups in total.